The number of fused-ring (bicyclic) bond motifs is 8. The number of alkyl halides is 6. The third-order valence-corrected chi connectivity index (χ3v) is 8.67. The van der Waals surface area contributed by atoms with Gasteiger partial charge in [-0.3, -0.25) is 0 Å². The SMILES string of the molecule is CN(C)c1ccc(-c2c3nc(c(C(F)(F)F)c4ccc([nH]4)c(-c4ccc(N(C)C)cc4)c4nc(c(C(F)(F)F)c5ccc2[nH]5)C=C4)C=C3)cc1. The van der Waals surface area contributed by atoms with Gasteiger partial charge in [-0.15, -0.1) is 0 Å². The van der Waals surface area contributed by atoms with Gasteiger partial charge in [0.2, 0.25) is 0 Å². The maximum Gasteiger partial charge on any atom is 0.420 e. The number of benzene rings is 2. The van der Waals surface area contributed by atoms with Gasteiger partial charge < -0.3 is 19.8 Å². The standard InChI is InChI=1S/C38H30F6N6/c1-49(2)23-9-5-21(6-10-23)33-25-13-17-29(45-25)35(37(39,40)41)31-19-15-27(47-31)34(22-7-11-24(12-8-22)50(3)4)28-16-20-32(48-28)36(38(42,43)44)30-18-14-26(33)46-30/h5-20,45,48H,1-4H3. The van der Waals surface area contributed by atoms with Crippen molar-refractivity contribution in [1.82, 2.24) is 19.9 Å². The smallest absolute Gasteiger partial charge is 0.378 e. The zero-order valence-corrected chi connectivity index (χ0v) is 27.3. The molecule has 5 aromatic rings. The first-order chi connectivity index (χ1) is 23.7. The van der Waals surface area contributed by atoms with Gasteiger partial charge in [0, 0.05) is 61.7 Å². The van der Waals surface area contributed by atoms with Gasteiger partial charge in [0.15, 0.2) is 0 Å². The van der Waals surface area contributed by atoms with Gasteiger partial charge in [-0.2, -0.15) is 26.3 Å². The molecule has 8 bridgehead atoms. The molecule has 0 saturated heterocycles. The minimum Gasteiger partial charge on any atom is -0.378 e. The molecular formula is C38H30F6N6. The van der Waals surface area contributed by atoms with E-state index in [0.29, 0.717) is 22.3 Å². The van der Waals surface area contributed by atoms with Crippen molar-refractivity contribution in [2.75, 3.05) is 38.0 Å². The molecule has 50 heavy (non-hydrogen) atoms. The van der Waals surface area contributed by atoms with Crippen molar-refractivity contribution in [2.45, 2.75) is 12.4 Å². The minimum atomic E-state index is -4.81. The van der Waals surface area contributed by atoms with E-state index in [9.17, 15) is 26.3 Å². The fourth-order valence-corrected chi connectivity index (χ4v) is 6.26. The normalized spacial score (nSPS) is 12.8. The summed E-state index contributed by atoms with van der Waals surface area (Å²) >= 11 is 0. The van der Waals surface area contributed by atoms with E-state index in [4.69, 9.17) is 0 Å². The van der Waals surface area contributed by atoms with Crippen molar-refractivity contribution < 1.29 is 26.3 Å². The summed E-state index contributed by atoms with van der Waals surface area (Å²) < 4.78 is 89.5. The fourth-order valence-electron chi connectivity index (χ4n) is 6.26. The van der Waals surface area contributed by atoms with Crippen molar-refractivity contribution in [2.24, 2.45) is 0 Å². The molecule has 0 amide bonds. The van der Waals surface area contributed by atoms with Crippen LogP contribution in [0.3, 0.4) is 0 Å². The molecule has 2 aliphatic rings. The maximum atomic E-state index is 14.9. The molecule has 0 atom stereocenters. The predicted octanol–water partition coefficient (Wildman–Crippen LogP) is 10.2. The topological polar surface area (TPSA) is 63.8 Å². The Hall–Kier alpha value is -5.78. The lowest BCUT2D eigenvalue weighted by Crippen LogP contribution is -2.08. The van der Waals surface area contributed by atoms with Gasteiger partial charge in [-0.05, 0) is 84.0 Å². The molecule has 0 unspecified atom stereocenters. The Morgan fingerprint density at radius 1 is 0.440 bits per heavy atom. The first-order valence-electron chi connectivity index (χ1n) is 15.5. The number of H-pyrrole nitrogens is 2. The quantitative estimate of drug-likeness (QED) is 0.181. The number of nitrogens with one attached hydrogen (secondary N) is 2. The summed E-state index contributed by atoms with van der Waals surface area (Å²) in [5.74, 6) is 0. The van der Waals surface area contributed by atoms with Crippen LogP contribution in [-0.2, 0) is 12.4 Å². The van der Waals surface area contributed by atoms with E-state index in [0.717, 1.165) is 11.4 Å². The van der Waals surface area contributed by atoms with E-state index in [1.54, 1.807) is 24.3 Å². The van der Waals surface area contributed by atoms with E-state index in [2.05, 4.69) is 19.9 Å². The van der Waals surface area contributed by atoms with Crippen LogP contribution >= 0.6 is 0 Å². The highest BCUT2D eigenvalue weighted by Crippen LogP contribution is 2.41. The minimum absolute atomic E-state index is 0.155. The average Bonchev–Trinajstić information content (AvgIpc) is 3.87. The van der Waals surface area contributed by atoms with Crippen LogP contribution < -0.4 is 9.80 Å². The van der Waals surface area contributed by atoms with E-state index < -0.39 is 23.5 Å². The largest absolute Gasteiger partial charge is 0.420 e. The van der Waals surface area contributed by atoms with Gasteiger partial charge in [0.1, 0.15) is 11.1 Å². The Morgan fingerprint density at radius 3 is 1.08 bits per heavy atom. The highest BCUT2D eigenvalue weighted by Gasteiger charge is 2.37. The van der Waals surface area contributed by atoms with E-state index in [1.165, 1.54) is 48.6 Å². The lowest BCUT2D eigenvalue weighted by Gasteiger charge is -2.13. The molecule has 0 radical (unpaired) electrons. The molecule has 0 fully saturated rings. The van der Waals surface area contributed by atoms with Crippen molar-refractivity contribution >= 4 is 57.7 Å². The number of anilines is 2. The molecule has 2 aliphatic heterocycles. The molecule has 6 nitrogen and oxygen atoms in total. The molecule has 0 spiro atoms. The van der Waals surface area contributed by atoms with Crippen LogP contribution in [0.5, 0.6) is 0 Å². The third-order valence-electron chi connectivity index (χ3n) is 8.67. The predicted molar refractivity (Wildman–Crippen MR) is 188 cm³/mol. The average molecular weight is 685 g/mol. The van der Waals surface area contributed by atoms with E-state index in [-0.39, 0.29) is 44.8 Å². The highest BCUT2D eigenvalue weighted by atomic mass is 19.4. The Kier molecular flexibility index (Phi) is 7.84. The Morgan fingerprint density at radius 2 is 0.760 bits per heavy atom. The van der Waals surface area contributed by atoms with Crippen LogP contribution in [-0.4, -0.2) is 48.1 Å². The number of hydrogen-bond acceptors (Lipinski definition) is 4. The fraction of sp³-hybridized carbons (Fsp3) is 0.158. The second-order valence-corrected chi connectivity index (χ2v) is 12.4. The van der Waals surface area contributed by atoms with Crippen LogP contribution in [0.4, 0.5) is 37.7 Å². The number of rotatable bonds is 4. The molecule has 7 rings (SSSR count). The third kappa shape index (κ3) is 5.90. The van der Waals surface area contributed by atoms with E-state index >= 15 is 0 Å². The van der Waals surface area contributed by atoms with E-state index in [1.807, 2.05) is 62.3 Å². The molecular weight excluding hydrogens is 654 g/mol. The Labute approximate surface area is 283 Å². The van der Waals surface area contributed by atoms with Crippen molar-refractivity contribution in [3.8, 4) is 22.3 Å². The summed E-state index contributed by atoms with van der Waals surface area (Å²) in [5, 5.41) is 0. The first kappa shape index (κ1) is 32.8. The lowest BCUT2D eigenvalue weighted by atomic mass is 10.0. The van der Waals surface area contributed by atoms with Crippen LogP contribution in [0.1, 0.15) is 33.9 Å². The van der Waals surface area contributed by atoms with Crippen LogP contribution in [0, 0.1) is 0 Å². The molecule has 3 aromatic heterocycles. The van der Waals surface area contributed by atoms with Crippen LogP contribution in [0.2, 0.25) is 0 Å². The summed E-state index contributed by atoms with van der Waals surface area (Å²) in [7, 11) is 7.43. The molecule has 2 aromatic carbocycles. The number of hydrogen-bond donors (Lipinski definition) is 2. The van der Waals surface area contributed by atoms with Crippen molar-refractivity contribution in [3.63, 3.8) is 0 Å². The van der Waals surface area contributed by atoms with Crippen molar-refractivity contribution in [3.05, 3.63) is 107 Å². The number of aromatic nitrogens is 4. The summed E-state index contributed by atoms with van der Waals surface area (Å²) in [4.78, 5) is 18.5. The number of aromatic amines is 2. The molecule has 0 aliphatic carbocycles. The molecule has 2 N–H and O–H groups in total. The summed E-state index contributed by atoms with van der Waals surface area (Å²) in [6, 6.07) is 19.8. The monoisotopic (exact) mass is 684 g/mol. The van der Waals surface area contributed by atoms with Gasteiger partial charge in [0.05, 0.1) is 33.8 Å². The van der Waals surface area contributed by atoms with Crippen LogP contribution in [0.15, 0.2) is 72.8 Å². The number of nitrogens with zero attached hydrogens (tertiary/aromatic N) is 4. The van der Waals surface area contributed by atoms with Gasteiger partial charge in [-0.1, -0.05) is 24.3 Å². The second-order valence-electron chi connectivity index (χ2n) is 12.4. The zero-order chi connectivity index (χ0) is 35.5. The summed E-state index contributed by atoms with van der Waals surface area (Å²) in [6.07, 6.45) is -4.18. The number of halogens is 6. The summed E-state index contributed by atoms with van der Waals surface area (Å²) in [6.45, 7) is 0. The molecule has 0 saturated carbocycles. The molecule has 5 heterocycles. The molecule has 254 valence electrons. The highest BCUT2D eigenvalue weighted by molar-refractivity contribution is 5.94. The zero-order valence-electron chi connectivity index (χ0n) is 27.3. The maximum absolute atomic E-state index is 14.9. The first-order valence-corrected chi connectivity index (χ1v) is 15.5. The summed E-state index contributed by atoms with van der Waals surface area (Å²) in [5.41, 5.74) is 1.14. The lowest BCUT2D eigenvalue weighted by molar-refractivity contribution is -0.137. The molecule has 12 heteroatoms. The van der Waals surface area contributed by atoms with Gasteiger partial charge in [0.25, 0.3) is 0 Å². The Bertz CT molecular complexity index is 2170. The van der Waals surface area contributed by atoms with Crippen molar-refractivity contribution in [1.29, 1.82) is 0 Å². The second kappa shape index (κ2) is 12.0. The van der Waals surface area contributed by atoms with Gasteiger partial charge >= 0.3 is 12.4 Å². The van der Waals surface area contributed by atoms with Crippen LogP contribution in [0.25, 0.3) is 68.6 Å². The van der Waals surface area contributed by atoms with Gasteiger partial charge in [-0.25, -0.2) is 9.97 Å². The Balaban J connectivity index is 1.65.